The Morgan fingerprint density at radius 2 is 1.77 bits per heavy atom. The molecule has 1 aromatic rings. The number of hydrogen-bond donors (Lipinski definition) is 2. The maximum absolute atomic E-state index is 13.1. The van der Waals surface area contributed by atoms with Crippen LogP contribution in [0.25, 0.3) is 0 Å². The summed E-state index contributed by atoms with van der Waals surface area (Å²) >= 11 is 0. The topological polar surface area (TPSA) is 73.6 Å². The van der Waals surface area contributed by atoms with Gasteiger partial charge in [0.15, 0.2) is 0 Å². The molecule has 3 saturated carbocycles. The van der Waals surface area contributed by atoms with E-state index in [1.807, 2.05) is 12.1 Å². The van der Waals surface area contributed by atoms with Crippen LogP contribution < -0.4 is 15.8 Å². The number of nitrogens with one attached hydrogen (secondary N) is 1. The summed E-state index contributed by atoms with van der Waals surface area (Å²) in [6.45, 7) is 1.82. The van der Waals surface area contributed by atoms with E-state index in [-0.39, 0.29) is 35.9 Å². The van der Waals surface area contributed by atoms with Crippen LogP contribution in [0.1, 0.15) is 56.9 Å². The molecule has 5 nitrogen and oxygen atoms in total. The van der Waals surface area contributed by atoms with Crippen molar-refractivity contribution in [2.75, 3.05) is 26.4 Å². The number of carbonyl (C=O) groups is 1. The van der Waals surface area contributed by atoms with Crippen molar-refractivity contribution in [3.05, 3.63) is 41.7 Å². The van der Waals surface area contributed by atoms with Gasteiger partial charge in [0.2, 0.25) is 5.91 Å². The van der Waals surface area contributed by atoms with Crippen LogP contribution in [-0.2, 0) is 14.9 Å². The lowest BCUT2D eigenvalue weighted by molar-refractivity contribution is -0.139. The molecule has 0 unspecified atom stereocenters. The highest BCUT2D eigenvalue weighted by molar-refractivity contribution is 5.83. The number of fused-ring (bicyclic) bond motifs is 3. The first-order valence-corrected chi connectivity index (χ1v) is 11.2. The Morgan fingerprint density at radius 1 is 1.13 bits per heavy atom. The first-order chi connectivity index (χ1) is 14.6. The van der Waals surface area contributed by atoms with Crippen molar-refractivity contribution in [2.45, 2.75) is 62.8 Å². The van der Waals surface area contributed by atoms with Gasteiger partial charge in [0.25, 0.3) is 0 Å². The molecule has 0 atom stereocenters. The predicted octanol–water partition coefficient (Wildman–Crippen LogP) is 3.76. The van der Waals surface area contributed by atoms with Gasteiger partial charge >= 0.3 is 0 Å². The monoisotopic (exact) mass is 416 g/mol. The summed E-state index contributed by atoms with van der Waals surface area (Å²) in [7, 11) is 0. The molecule has 4 fully saturated rings. The summed E-state index contributed by atoms with van der Waals surface area (Å²) in [4.78, 5) is 13.1. The van der Waals surface area contributed by atoms with E-state index in [1.54, 1.807) is 0 Å². The molecule has 2 bridgehead atoms. The van der Waals surface area contributed by atoms with Gasteiger partial charge in [-0.15, -0.1) is 0 Å². The SMILES string of the molecule is NC/C(=C/F)COc1ccc(C23CCC(C(=O)NC4CCOCC4)(CC2)CC3)cc1. The van der Waals surface area contributed by atoms with Crippen LogP contribution in [0.5, 0.6) is 5.75 Å². The van der Waals surface area contributed by atoms with Crippen LogP contribution in [0.15, 0.2) is 36.2 Å². The third-order valence-corrected chi connectivity index (χ3v) is 7.59. The van der Waals surface area contributed by atoms with Crippen molar-refractivity contribution in [3.63, 3.8) is 0 Å². The molecular weight excluding hydrogens is 383 g/mol. The van der Waals surface area contributed by atoms with Crippen LogP contribution >= 0.6 is 0 Å². The summed E-state index contributed by atoms with van der Waals surface area (Å²) in [6.07, 6.45) is 8.40. The molecule has 0 spiro atoms. The Balaban J connectivity index is 1.36. The van der Waals surface area contributed by atoms with Gasteiger partial charge in [0, 0.05) is 36.8 Å². The minimum Gasteiger partial charge on any atom is -0.489 e. The molecule has 1 saturated heterocycles. The van der Waals surface area contributed by atoms with E-state index in [9.17, 15) is 9.18 Å². The van der Waals surface area contributed by atoms with E-state index in [0.29, 0.717) is 11.9 Å². The summed E-state index contributed by atoms with van der Waals surface area (Å²) < 4.78 is 23.7. The number of ether oxygens (including phenoxy) is 2. The number of hydrogen-bond acceptors (Lipinski definition) is 4. The van der Waals surface area contributed by atoms with Gasteiger partial charge < -0.3 is 20.5 Å². The second-order valence-electron chi connectivity index (χ2n) is 9.21. The van der Waals surface area contributed by atoms with Crippen LogP contribution in [0.3, 0.4) is 0 Å². The molecule has 1 amide bonds. The van der Waals surface area contributed by atoms with E-state index in [4.69, 9.17) is 15.2 Å². The van der Waals surface area contributed by atoms with Gasteiger partial charge in [-0.2, -0.15) is 0 Å². The van der Waals surface area contributed by atoms with E-state index in [0.717, 1.165) is 70.3 Å². The maximum Gasteiger partial charge on any atom is 0.226 e. The first-order valence-electron chi connectivity index (χ1n) is 11.2. The molecule has 164 valence electrons. The fourth-order valence-corrected chi connectivity index (χ4v) is 5.36. The molecule has 0 aromatic heterocycles. The lowest BCUT2D eigenvalue weighted by Gasteiger charge is -2.53. The van der Waals surface area contributed by atoms with Crippen LogP contribution in [-0.4, -0.2) is 38.3 Å². The van der Waals surface area contributed by atoms with Gasteiger partial charge in [-0.3, -0.25) is 4.79 Å². The van der Waals surface area contributed by atoms with Gasteiger partial charge in [-0.1, -0.05) is 12.1 Å². The predicted molar refractivity (Wildman–Crippen MR) is 114 cm³/mol. The van der Waals surface area contributed by atoms with Crippen molar-refractivity contribution >= 4 is 5.91 Å². The Bertz CT molecular complexity index is 747. The van der Waals surface area contributed by atoms with Gasteiger partial charge in [0.05, 0.1) is 6.33 Å². The van der Waals surface area contributed by atoms with Crippen LogP contribution in [0.4, 0.5) is 4.39 Å². The number of halogens is 1. The van der Waals surface area contributed by atoms with Crippen molar-refractivity contribution in [1.29, 1.82) is 0 Å². The Kier molecular flexibility index (Phi) is 6.44. The fraction of sp³-hybridized carbons (Fsp3) is 0.625. The summed E-state index contributed by atoms with van der Waals surface area (Å²) in [5.41, 5.74) is 7.22. The third-order valence-electron chi connectivity index (χ3n) is 7.59. The van der Waals surface area contributed by atoms with Crippen LogP contribution in [0.2, 0.25) is 0 Å². The summed E-state index contributed by atoms with van der Waals surface area (Å²) in [6, 6.07) is 8.47. The molecule has 6 heteroatoms. The number of amides is 1. The van der Waals surface area contributed by atoms with Gasteiger partial charge in [0.1, 0.15) is 12.4 Å². The average molecular weight is 417 g/mol. The molecule has 5 rings (SSSR count). The zero-order valence-electron chi connectivity index (χ0n) is 17.6. The Hall–Kier alpha value is -1.92. The Morgan fingerprint density at radius 3 is 2.33 bits per heavy atom. The zero-order valence-corrected chi connectivity index (χ0v) is 17.6. The van der Waals surface area contributed by atoms with Crippen molar-refractivity contribution in [2.24, 2.45) is 11.1 Å². The first kappa shape index (κ1) is 21.3. The molecule has 3 N–H and O–H groups in total. The van der Waals surface area contributed by atoms with Crippen molar-refractivity contribution in [3.8, 4) is 5.75 Å². The summed E-state index contributed by atoms with van der Waals surface area (Å²) in [5.74, 6) is 0.989. The second-order valence-corrected chi connectivity index (χ2v) is 9.21. The highest BCUT2D eigenvalue weighted by Crippen LogP contribution is 2.58. The molecule has 0 radical (unpaired) electrons. The minimum absolute atomic E-state index is 0.154. The normalized spacial score (nSPS) is 29.6. The molecule has 1 heterocycles. The lowest BCUT2D eigenvalue weighted by atomic mass is 9.51. The average Bonchev–Trinajstić information content (AvgIpc) is 2.82. The number of rotatable bonds is 7. The fourth-order valence-electron chi connectivity index (χ4n) is 5.36. The third kappa shape index (κ3) is 4.26. The standard InChI is InChI=1S/C24H33FN2O3/c25-15-18(16-26)17-30-21-3-1-19(2-4-21)23-7-10-24(11-8-23,12-9-23)22(28)27-20-5-13-29-14-6-20/h1-4,15,20H,5-14,16-17,26H2,(H,27,28)/b18-15-. The van der Waals surface area contributed by atoms with E-state index in [2.05, 4.69) is 17.4 Å². The minimum atomic E-state index is -0.180. The lowest BCUT2D eigenvalue weighted by Crippen LogP contribution is -2.54. The molecule has 3 aliphatic carbocycles. The number of carbonyl (C=O) groups excluding carboxylic acids is 1. The zero-order chi connectivity index (χ0) is 21.0. The quantitative estimate of drug-likeness (QED) is 0.710. The highest BCUT2D eigenvalue weighted by Gasteiger charge is 2.53. The molecule has 30 heavy (non-hydrogen) atoms. The Labute approximate surface area is 178 Å². The molecule has 1 aliphatic heterocycles. The van der Waals surface area contributed by atoms with E-state index in [1.165, 1.54) is 5.56 Å². The number of nitrogens with two attached hydrogens (primary N) is 1. The van der Waals surface area contributed by atoms with E-state index >= 15 is 0 Å². The summed E-state index contributed by atoms with van der Waals surface area (Å²) in [5, 5.41) is 3.32. The molecule has 4 aliphatic rings. The van der Waals surface area contributed by atoms with Crippen LogP contribution in [0, 0.1) is 5.41 Å². The molecular formula is C24H33FN2O3. The second kappa shape index (κ2) is 9.06. The largest absolute Gasteiger partial charge is 0.489 e. The van der Waals surface area contributed by atoms with E-state index < -0.39 is 0 Å². The number of benzene rings is 1. The van der Waals surface area contributed by atoms with Gasteiger partial charge in [-0.25, -0.2) is 4.39 Å². The van der Waals surface area contributed by atoms with Crippen molar-refractivity contribution in [1.82, 2.24) is 5.32 Å². The smallest absolute Gasteiger partial charge is 0.226 e. The maximum atomic E-state index is 13.1. The van der Waals surface area contributed by atoms with Gasteiger partial charge in [-0.05, 0) is 74.5 Å². The highest BCUT2D eigenvalue weighted by atomic mass is 19.1. The van der Waals surface area contributed by atoms with Crippen molar-refractivity contribution < 1.29 is 18.7 Å². The molecule has 1 aromatic carbocycles.